The van der Waals surface area contributed by atoms with E-state index in [1.165, 1.54) is 7.11 Å². The molecule has 0 aliphatic carbocycles. The normalized spacial score (nSPS) is 10.7. The van der Waals surface area contributed by atoms with E-state index in [4.69, 9.17) is 10.5 Å². The Bertz CT molecular complexity index is 763. The molecule has 0 atom stereocenters. The van der Waals surface area contributed by atoms with Crippen LogP contribution in [0.1, 0.15) is 16.1 Å². The number of hydrogen-bond acceptors (Lipinski definition) is 7. The SMILES string of the molecule is COC(=O)c1c(OCc2cn3ccccc3n2)nsc1N. The first kappa shape index (κ1) is 13.4. The van der Waals surface area contributed by atoms with E-state index in [1.807, 2.05) is 35.0 Å². The number of methoxy groups -OCH3 is 1. The van der Waals surface area contributed by atoms with Crippen LogP contribution >= 0.6 is 11.5 Å². The van der Waals surface area contributed by atoms with Gasteiger partial charge in [-0.2, -0.15) is 4.37 Å². The second kappa shape index (κ2) is 5.41. The van der Waals surface area contributed by atoms with Gasteiger partial charge >= 0.3 is 5.97 Å². The Kier molecular flexibility index (Phi) is 3.44. The summed E-state index contributed by atoms with van der Waals surface area (Å²) in [5, 5.41) is 0.270. The van der Waals surface area contributed by atoms with Crippen LogP contribution in [0, 0.1) is 0 Å². The number of hydrogen-bond donors (Lipinski definition) is 1. The molecule has 0 amide bonds. The van der Waals surface area contributed by atoms with Gasteiger partial charge in [-0.05, 0) is 23.7 Å². The molecule has 0 aromatic carbocycles. The third-order valence-electron chi connectivity index (χ3n) is 2.85. The Morgan fingerprint density at radius 1 is 1.48 bits per heavy atom. The molecule has 3 heterocycles. The number of fused-ring (bicyclic) bond motifs is 1. The molecule has 0 bridgehead atoms. The van der Waals surface area contributed by atoms with Crippen molar-refractivity contribution in [3.8, 4) is 5.88 Å². The van der Waals surface area contributed by atoms with Gasteiger partial charge in [-0.15, -0.1) is 0 Å². The lowest BCUT2D eigenvalue weighted by Crippen LogP contribution is -2.06. The third kappa shape index (κ3) is 2.52. The molecule has 8 heteroatoms. The first-order chi connectivity index (χ1) is 10.2. The summed E-state index contributed by atoms with van der Waals surface area (Å²) in [5.41, 5.74) is 7.41. The van der Waals surface area contributed by atoms with E-state index in [2.05, 4.69) is 14.1 Å². The summed E-state index contributed by atoms with van der Waals surface area (Å²) in [6.07, 6.45) is 3.75. The van der Waals surface area contributed by atoms with Crippen LogP contribution in [0.25, 0.3) is 5.65 Å². The molecule has 2 N–H and O–H groups in total. The first-order valence-corrected chi connectivity index (χ1v) is 6.85. The monoisotopic (exact) mass is 304 g/mol. The number of rotatable bonds is 4. The number of nitrogens with zero attached hydrogens (tertiary/aromatic N) is 3. The Balaban J connectivity index is 1.80. The fourth-order valence-electron chi connectivity index (χ4n) is 1.87. The van der Waals surface area contributed by atoms with Crippen molar-refractivity contribution in [1.82, 2.24) is 13.8 Å². The molecule has 108 valence electrons. The van der Waals surface area contributed by atoms with E-state index in [9.17, 15) is 4.79 Å². The maximum Gasteiger partial charge on any atom is 0.346 e. The van der Waals surface area contributed by atoms with Crippen LogP contribution in [0.5, 0.6) is 5.88 Å². The summed E-state index contributed by atoms with van der Waals surface area (Å²) in [4.78, 5) is 16.0. The second-order valence-electron chi connectivity index (χ2n) is 4.21. The molecular formula is C13H12N4O3S. The van der Waals surface area contributed by atoms with Gasteiger partial charge in [0.15, 0.2) is 5.56 Å². The van der Waals surface area contributed by atoms with E-state index in [1.54, 1.807) is 0 Å². The van der Waals surface area contributed by atoms with Crippen LogP contribution in [0.15, 0.2) is 30.6 Å². The van der Waals surface area contributed by atoms with Gasteiger partial charge in [0.05, 0.1) is 12.8 Å². The highest BCUT2D eigenvalue weighted by molar-refractivity contribution is 7.10. The summed E-state index contributed by atoms with van der Waals surface area (Å²) >= 11 is 0.991. The Morgan fingerprint density at radius 3 is 3.10 bits per heavy atom. The van der Waals surface area contributed by atoms with Gasteiger partial charge in [0.25, 0.3) is 0 Å². The topological polar surface area (TPSA) is 91.7 Å². The molecule has 3 rings (SSSR count). The minimum atomic E-state index is -0.564. The molecule has 3 aromatic rings. The van der Waals surface area contributed by atoms with Gasteiger partial charge in [0.1, 0.15) is 17.3 Å². The summed E-state index contributed by atoms with van der Waals surface area (Å²) in [6, 6.07) is 5.71. The Labute approximate surface area is 124 Å². The zero-order valence-electron chi connectivity index (χ0n) is 11.1. The highest BCUT2D eigenvalue weighted by Gasteiger charge is 2.21. The van der Waals surface area contributed by atoms with E-state index in [0.29, 0.717) is 0 Å². The number of carbonyl (C=O) groups excluding carboxylic acids is 1. The fraction of sp³-hybridized carbons (Fsp3) is 0.154. The molecule has 7 nitrogen and oxygen atoms in total. The molecule has 0 saturated heterocycles. The van der Waals surface area contributed by atoms with Crippen LogP contribution in [0.4, 0.5) is 5.00 Å². The van der Waals surface area contributed by atoms with Crippen LogP contribution in [0.2, 0.25) is 0 Å². The first-order valence-electron chi connectivity index (χ1n) is 6.08. The number of imidazole rings is 1. The predicted octanol–water partition coefficient (Wildman–Crippen LogP) is 1.74. The van der Waals surface area contributed by atoms with Crippen molar-refractivity contribution in [2.45, 2.75) is 6.61 Å². The van der Waals surface area contributed by atoms with Gasteiger partial charge in [-0.3, -0.25) is 0 Å². The van der Waals surface area contributed by atoms with Crippen LogP contribution in [0.3, 0.4) is 0 Å². The fourth-order valence-corrected chi connectivity index (χ4v) is 2.46. The summed E-state index contributed by atoms with van der Waals surface area (Å²) in [5.74, 6) is -0.396. The lowest BCUT2D eigenvalue weighted by Gasteiger charge is -2.03. The number of pyridine rings is 1. The van der Waals surface area contributed by atoms with Crippen LogP contribution in [-0.2, 0) is 11.3 Å². The minimum absolute atomic E-state index is 0.159. The standard InChI is InChI=1S/C13H12N4O3S/c1-19-13(18)10-11(14)21-16-12(10)20-7-8-6-17-5-3-2-4-9(17)15-8/h2-6H,7,14H2,1H3. The lowest BCUT2D eigenvalue weighted by molar-refractivity contribution is 0.0596. The van der Waals surface area contributed by atoms with Crippen molar-refractivity contribution in [1.29, 1.82) is 0 Å². The molecule has 0 aliphatic heterocycles. The van der Waals surface area contributed by atoms with E-state index >= 15 is 0 Å². The molecule has 0 unspecified atom stereocenters. The third-order valence-corrected chi connectivity index (χ3v) is 3.51. The zero-order valence-corrected chi connectivity index (χ0v) is 12.0. The average molecular weight is 304 g/mol. The van der Waals surface area contributed by atoms with Crippen molar-refractivity contribution in [2.75, 3.05) is 12.8 Å². The molecule has 0 spiro atoms. The van der Waals surface area contributed by atoms with Crippen LogP contribution < -0.4 is 10.5 Å². The summed E-state index contributed by atoms with van der Waals surface area (Å²) < 4.78 is 16.1. The van der Waals surface area contributed by atoms with Gasteiger partial charge in [0.2, 0.25) is 5.88 Å². The molecule has 0 fully saturated rings. The second-order valence-corrected chi connectivity index (χ2v) is 5.01. The highest BCUT2D eigenvalue weighted by atomic mass is 32.1. The molecule has 3 aromatic heterocycles. The van der Waals surface area contributed by atoms with Crippen molar-refractivity contribution in [3.05, 3.63) is 41.9 Å². The van der Waals surface area contributed by atoms with Gasteiger partial charge in [-0.25, -0.2) is 9.78 Å². The number of anilines is 1. The zero-order chi connectivity index (χ0) is 14.8. The molecule has 0 saturated carbocycles. The number of esters is 1. The summed E-state index contributed by atoms with van der Waals surface area (Å²) in [6.45, 7) is 0.189. The number of nitrogens with two attached hydrogens (primary N) is 1. The lowest BCUT2D eigenvalue weighted by atomic mass is 10.3. The summed E-state index contributed by atoms with van der Waals surface area (Å²) in [7, 11) is 1.28. The van der Waals surface area contributed by atoms with E-state index in [-0.39, 0.29) is 23.1 Å². The maximum absolute atomic E-state index is 11.6. The number of aromatic nitrogens is 3. The smallest absolute Gasteiger partial charge is 0.346 e. The van der Waals surface area contributed by atoms with Gasteiger partial charge < -0.3 is 19.6 Å². The largest absolute Gasteiger partial charge is 0.470 e. The molecule has 21 heavy (non-hydrogen) atoms. The highest BCUT2D eigenvalue weighted by Crippen LogP contribution is 2.29. The maximum atomic E-state index is 11.6. The van der Waals surface area contributed by atoms with E-state index < -0.39 is 5.97 Å². The average Bonchev–Trinajstić information content (AvgIpc) is 3.07. The number of nitrogen functional groups attached to an aromatic ring is 1. The quantitative estimate of drug-likeness (QED) is 0.738. The van der Waals surface area contributed by atoms with Crippen molar-refractivity contribution in [2.24, 2.45) is 0 Å². The minimum Gasteiger partial charge on any atom is -0.470 e. The molecular weight excluding hydrogens is 292 g/mol. The van der Waals surface area contributed by atoms with Crippen LogP contribution in [-0.4, -0.2) is 26.8 Å². The molecule has 0 aliphatic rings. The van der Waals surface area contributed by atoms with Gasteiger partial charge in [0, 0.05) is 12.4 Å². The molecule has 0 radical (unpaired) electrons. The number of ether oxygens (including phenoxy) is 2. The van der Waals surface area contributed by atoms with E-state index in [0.717, 1.165) is 22.9 Å². The van der Waals surface area contributed by atoms with Crippen molar-refractivity contribution >= 4 is 28.2 Å². The predicted molar refractivity (Wildman–Crippen MR) is 77.4 cm³/mol. The number of carbonyl (C=O) groups is 1. The van der Waals surface area contributed by atoms with Gasteiger partial charge in [-0.1, -0.05) is 6.07 Å². The Morgan fingerprint density at radius 2 is 2.33 bits per heavy atom. The Hall–Kier alpha value is -2.61. The van der Waals surface area contributed by atoms with Crippen molar-refractivity contribution in [3.63, 3.8) is 0 Å². The van der Waals surface area contributed by atoms with Crippen molar-refractivity contribution < 1.29 is 14.3 Å².